The maximum absolute atomic E-state index is 10.1. The van der Waals surface area contributed by atoms with Crippen LogP contribution in [0.1, 0.15) is 12.8 Å². The summed E-state index contributed by atoms with van der Waals surface area (Å²) in [7, 11) is -4.64. The molecule has 0 bridgehead atoms. The molecule has 0 aliphatic rings. The number of phosphoric acid groups is 1. The molecule has 0 aromatic carbocycles. The fraction of sp³-hybridized carbons (Fsp3) is 0.500. The number of aliphatic carboxylic acids is 3. The summed E-state index contributed by atoms with van der Waals surface area (Å²) in [4.78, 5) is 51.6. The zero-order valence-electron chi connectivity index (χ0n) is 14.6. The van der Waals surface area contributed by atoms with E-state index in [0.717, 1.165) is 0 Å². The molecule has 0 heterocycles. The number of carbonyl (C=O) groups excluding carboxylic acids is 3. The summed E-state index contributed by atoms with van der Waals surface area (Å²) in [5, 5.41) is 38.9. The van der Waals surface area contributed by atoms with Gasteiger partial charge in [-0.1, -0.05) is 0 Å². The van der Waals surface area contributed by atoms with Crippen LogP contribution in [0.3, 0.4) is 0 Å². The van der Waals surface area contributed by atoms with Crippen molar-refractivity contribution in [2.75, 3.05) is 0 Å². The van der Waals surface area contributed by atoms with Crippen LogP contribution in [-0.4, -0.2) is 54.2 Å². The minimum Gasteiger partial charge on any atom is -0.550 e. The number of rotatable bonds is 5. The summed E-state index contributed by atoms with van der Waals surface area (Å²) in [6.45, 7) is 0. The summed E-state index contributed by atoms with van der Waals surface area (Å²) in [5.74, 6) is -5.98. The number of carbonyl (C=O) groups is 3. The number of hydrogen-bond acceptors (Lipinski definition) is 11. The SMILES string of the molecule is N.N.N.O.O.O=C([O-])CC(O)(CC(=O)[O-])C(=O)[O-].O=P(O)(O)O.[Na+].[Na+].[Na+]. The van der Waals surface area contributed by atoms with Gasteiger partial charge in [-0.05, 0) is 0 Å². The molecule has 0 saturated heterocycles. The Labute approximate surface area is 214 Å². The Hall–Kier alpha value is 1.28. The Morgan fingerprint density at radius 1 is 0.769 bits per heavy atom. The molecule has 0 radical (unpaired) electrons. The van der Waals surface area contributed by atoms with Crippen molar-refractivity contribution in [2.24, 2.45) is 0 Å². The van der Waals surface area contributed by atoms with Gasteiger partial charge in [0.25, 0.3) is 0 Å². The molecule has 0 spiro atoms. The van der Waals surface area contributed by atoms with E-state index in [0.29, 0.717) is 0 Å². The second kappa shape index (κ2) is 28.5. The second-order valence-electron chi connectivity index (χ2n) is 2.93. The molecule has 26 heavy (non-hydrogen) atoms. The third kappa shape index (κ3) is 49.9. The van der Waals surface area contributed by atoms with Crippen LogP contribution in [0, 0.1) is 0 Å². The Kier molecular flexibility index (Phi) is 69.1. The monoisotopic (exact) mass is 443 g/mol. The first-order valence-corrected chi connectivity index (χ1v) is 5.46. The van der Waals surface area contributed by atoms with E-state index >= 15 is 0 Å². The molecule has 0 aromatic heterocycles. The predicted molar refractivity (Wildman–Crippen MR) is 65.8 cm³/mol. The van der Waals surface area contributed by atoms with Crippen molar-refractivity contribution in [3.05, 3.63) is 0 Å². The van der Waals surface area contributed by atoms with E-state index in [1.165, 1.54) is 0 Å². The van der Waals surface area contributed by atoms with Crippen LogP contribution in [0.2, 0.25) is 0 Å². The molecule has 0 fully saturated rings. The van der Waals surface area contributed by atoms with E-state index in [1.807, 2.05) is 0 Å². The average Bonchev–Trinajstić information content (AvgIpc) is 1.95. The smallest absolute Gasteiger partial charge is 0.550 e. The molecule has 0 saturated carbocycles. The molecule has 0 aromatic rings. The quantitative estimate of drug-likeness (QED) is 0.153. The van der Waals surface area contributed by atoms with Crippen molar-refractivity contribution < 1.29 is 154 Å². The Morgan fingerprint density at radius 3 is 1.00 bits per heavy atom. The minimum atomic E-state index is -4.64. The molecule has 16 nitrogen and oxygen atoms in total. The molecule has 0 aliphatic heterocycles. The fourth-order valence-electron chi connectivity index (χ4n) is 0.684. The van der Waals surface area contributed by atoms with Crippen molar-refractivity contribution >= 4 is 25.7 Å². The molecule has 0 atom stereocenters. The predicted octanol–water partition coefficient (Wildman–Crippen LogP) is -16.3. The van der Waals surface area contributed by atoms with Gasteiger partial charge >= 0.3 is 96.5 Å². The summed E-state index contributed by atoms with van der Waals surface area (Å²) in [6, 6.07) is 0. The molecule has 20 heteroatoms. The minimum absolute atomic E-state index is 0. The molecular formula is C6H21N3Na3O13P. The molecule has 146 valence electrons. The van der Waals surface area contributed by atoms with Crippen LogP contribution in [-0.2, 0) is 18.9 Å². The summed E-state index contributed by atoms with van der Waals surface area (Å²) >= 11 is 0. The third-order valence-electron chi connectivity index (χ3n) is 1.25. The van der Waals surface area contributed by atoms with Crippen LogP contribution in [0.15, 0.2) is 0 Å². The fourth-order valence-corrected chi connectivity index (χ4v) is 0.684. The van der Waals surface area contributed by atoms with Crippen LogP contribution in [0.25, 0.3) is 0 Å². The van der Waals surface area contributed by atoms with Crippen molar-refractivity contribution in [3.63, 3.8) is 0 Å². The molecular weight excluding hydrogens is 422 g/mol. The zero-order chi connectivity index (χ0) is 15.1. The van der Waals surface area contributed by atoms with Crippen molar-refractivity contribution in [2.45, 2.75) is 18.4 Å². The maximum Gasteiger partial charge on any atom is 1.00 e. The van der Waals surface area contributed by atoms with E-state index in [-0.39, 0.29) is 118 Å². The van der Waals surface area contributed by atoms with Crippen LogP contribution in [0.4, 0.5) is 0 Å². The zero-order valence-corrected chi connectivity index (χ0v) is 21.5. The van der Waals surface area contributed by atoms with Crippen molar-refractivity contribution in [1.82, 2.24) is 18.5 Å². The topological polar surface area (TPSA) is 386 Å². The van der Waals surface area contributed by atoms with Crippen LogP contribution < -0.4 is 122 Å². The summed E-state index contributed by atoms with van der Waals surface area (Å²) in [6.07, 6.45) is -2.72. The van der Waals surface area contributed by atoms with Gasteiger partial charge in [0.1, 0.15) is 5.60 Å². The Morgan fingerprint density at radius 2 is 0.923 bits per heavy atom. The molecule has 0 amide bonds. The third-order valence-corrected chi connectivity index (χ3v) is 1.25. The van der Waals surface area contributed by atoms with Crippen molar-refractivity contribution in [1.29, 1.82) is 0 Å². The van der Waals surface area contributed by atoms with Gasteiger partial charge in [0.15, 0.2) is 0 Å². The van der Waals surface area contributed by atoms with Gasteiger partial charge in [0.05, 0.1) is 5.97 Å². The van der Waals surface area contributed by atoms with Crippen LogP contribution in [0.5, 0.6) is 0 Å². The van der Waals surface area contributed by atoms with E-state index in [1.54, 1.807) is 0 Å². The van der Waals surface area contributed by atoms with Gasteiger partial charge in [0, 0.05) is 24.8 Å². The standard InChI is InChI=1S/C6H8O7.3H3N.3Na.H3O4P.2H2O/c7-3(8)1-6(13,5(11)12)2-4(9)10;;;;;;;1-5(2,3)4;;/h13H,1-2H2,(H,7,8)(H,9,10)(H,11,12);3*1H3;;;;(H3,1,2,3,4);2*1H2/q;;;;3*+1;;;/p-3. The first-order valence-electron chi connectivity index (χ1n) is 3.90. The Bertz CT molecular complexity index is 371. The molecule has 0 unspecified atom stereocenters. The summed E-state index contributed by atoms with van der Waals surface area (Å²) < 4.78 is 8.88. The average molecular weight is 443 g/mol. The first-order chi connectivity index (χ1) is 7.78. The number of aliphatic hydroxyl groups is 1. The van der Waals surface area contributed by atoms with E-state index < -0.39 is 44.2 Å². The van der Waals surface area contributed by atoms with Gasteiger partial charge in [-0.15, -0.1) is 0 Å². The van der Waals surface area contributed by atoms with Gasteiger partial charge < -0.3 is 78.9 Å². The number of carboxylic acids is 3. The summed E-state index contributed by atoms with van der Waals surface area (Å²) in [5.41, 5.74) is -2.97. The molecule has 0 aliphatic carbocycles. The van der Waals surface area contributed by atoms with E-state index in [2.05, 4.69) is 0 Å². The second-order valence-corrected chi connectivity index (χ2v) is 3.96. The van der Waals surface area contributed by atoms with E-state index in [4.69, 9.17) is 24.4 Å². The molecule has 0 rings (SSSR count). The Balaban J connectivity index is -0.0000000223. The van der Waals surface area contributed by atoms with Gasteiger partial charge in [-0.2, -0.15) is 0 Å². The molecule has 17 N–H and O–H groups in total. The van der Waals surface area contributed by atoms with Gasteiger partial charge in [0.2, 0.25) is 0 Å². The van der Waals surface area contributed by atoms with E-state index in [9.17, 15) is 29.7 Å². The maximum atomic E-state index is 10.1. The normalized spacial score (nSPS) is 7.69. The number of carboxylic acid groups (broad SMARTS) is 3. The van der Waals surface area contributed by atoms with Crippen LogP contribution >= 0.6 is 7.82 Å². The van der Waals surface area contributed by atoms with Gasteiger partial charge in [-0.25, -0.2) is 4.57 Å². The number of hydrogen-bond donors (Lipinski definition) is 7. The van der Waals surface area contributed by atoms with Gasteiger partial charge in [-0.3, -0.25) is 0 Å². The first kappa shape index (κ1) is 63.1. The largest absolute Gasteiger partial charge is 1.00 e. The van der Waals surface area contributed by atoms with Crippen molar-refractivity contribution in [3.8, 4) is 0 Å².